The van der Waals surface area contributed by atoms with Gasteiger partial charge in [-0.05, 0) is 18.6 Å². The van der Waals surface area contributed by atoms with E-state index in [2.05, 4.69) is 27.8 Å². The molecular weight excluding hydrogens is 300 g/mol. The average Bonchev–Trinajstić information content (AvgIpc) is 2.38. The number of anilines is 1. The lowest BCUT2D eigenvalue weighted by atomic mass is 10.1. The fraction of sp³-hybridized carbons (Fsp3) is 0.500. The number of benzene rings is 1. The van der Waals surface area contributed by atoms with Gasteiger partial charge in [-0.15, -0.1) is 0 Å². The third kappa shape index (κ3) is 2.64. The molecule has 1 atom stereocenters. The smallest absolute Gasteiger partial charge is 0.269 e. The van der Waals surface area contributed by atoms with Gasteiger partial charge in [0.25, 0.3) is 5.69 Å². The Kier molecular flexibility index (Phi) is 4.19. The van der Waals surface area contributed by atoms with Crippen LogP contribution in [0.1, 0.15) is 12.5 Å². The summed E-state index contributed by atoms with van der Waals surface area (Å²) in [5.41, 5.74) is 2.13. The van der Waals surface area contributed by atoms with Crippen LogP contribution in [0.5, 0.6) is 0 Å². The summed E-state index contributed by atoms with van der Waals surface area (Å²) in [4.78, 5) is 12.7. The molecule has 0 bridgehead atoms. The Morgan fingerprint density at radius 1 is 1.61 bits per heavy atom. The van der Waals surface area contributed by atoms with Gasteiger partial charge in [-0.1, -0.05) is 15.9 Å². The van der Waals surface area contributed by atoms with Crippen molar-refractivity contribution in [3.8, 4) is 0 Å². The van der Waals surface area contributed by atoms with E-state index in [1.807, 2.05) is 6.07 Å². The highest BCUT2D eigenvalue weighted by Gasteiger charge is 2.22. The van der Waals surface area contributed by atoms with Crippen molar-refractivity contribution in [2.24, 2.45) is 0 Å². The number of nitro groups is 1. The molecule has 0 aliphatic carbocycles. The van der Waals surface area contributed by atoms with E-state index in [1.54, 1.807) is 12.1 Å². The first-order chi connectivity index (χ1) is 8.63. The predicted octanol–water partition coefficient (Wildman–Crippen LogP) is 2.71. The molecule has 0 aromatic heterocycles. The van der Waals surface area contributed by atoms with Crippen molar-refractivity contribution in [1.29, 1.82) is 0 Å². The molecule has 18 heavy (non-hydrogen) atoms. The minimum Gasteiger partial charge on any atom is -0.377 e. The number of rotatable bonds is 3. The van der Waals surface area contributed by atoms with Gasteiger partial charge < -0.3 is 9.64 Å². The monoisotopic (exact) mass is 314 g/mol. The van der Waals surface area contributed by atoms with E-state index in [0.717, 1.165) is 17.8 Å². The van der Waals surface area contributed by atoms with Crippen molar-refractivity contribution >= 4 is 27.3 Å². The molecule has 1 aromatic rings. The Morgan fingerprint density at radius 2 is 2.39 bits per heavy atom. The number of alkyl halides is 1. The maximum Gasteiger partial charge on any atom is 0.269 e. The fourth-order valence-electron chi connectivity index (χ4n) is 2.16. The summed E-state index contributed by atoms with van der Waals surface area (Å²) in [5, 5.41) is 11.4. The van der Waals surface area contributed by atoms with Crippen LogP contribution in [0.3, 0.4) is 0 Å². The van der Waals surface area contributed by atoms with Crippen LogP contribution in [-0.2, 0) is 10.1 Å². The number of halogens is 1. The van der Waals surface area contributed by atoms with E-state index in [-0.39, 0.29) is 16.7 Å². The van der Waals surface area contributed by atoms with E-state index >= 15 is 0 Å². The van der Waals surface area contributed by atoms with Gasteiger partial charge >= 0.3 is 0 Å². The van der Waals surface area contributed by atoms with Gasteiger partial charge in [-0.25, -0.2) is 0 Å². The maximum atomic E-state index is 10.8. The SMILES string of the molecule is CC1COCCN1c1ccc([N+](=O)[O-])cc1CBr. The second-order valence-corrected chi connectivity index (χ2v) is 4.88. The van der Waals surface area contributed by atoms with Crippen LogP contribution in [0.25, 0.3) is 0 Å². The Bertz CT molecular complexity index is 453. The second kappa shape index (κ2) is 5.67. The highest BCUT2D eigenvalue weighted by Crippen LogP contribution is 2.29. The molecule has 0 radical (unpaired) electrons. The van der Waals surface area contributed by atoms with Crippen molar-refractivity contribution in [1.82, 2.24) is 0 Å². The first-order valence-corrected chi connectivity index (χ1v) is 6.93. The number of morpholine rings is 1. The van der Waals surface area contributed by atoms with E-state index in [1.165, 1.54) is 0 Å². The lowest BCUT2D eigenvalue weighted by Crippen LogP contribution is -2.44. The molecule has 5 nitrogen and oxygen atoms in total. The normalized spacial score (nSPS) is 19.9. The Hall–Kier alpha value is -1.14. The summed E-state index contributed by atoms with van der Waals surface area (Å²) in [6.07, 6.45) is 0. The molecule has 0 spiro atoms. The molecule has 1 unspecified atom stereocenters. The highest BCUT2D eigenvalue weighted by molar-refractivity contribution is 9.08. The lowest BCUT2D eigenvalue weighted by Gasteiger charge is -2.36. The molecule has 0 saturated carbocycles. The molecular formula is C12H15BrN2O3. The molecule has 1 fully saturated rings. The number of nitro benzene ring substituents is 1. The zero-order valence-electron chi connectivity index (χ0n) is 10.1. The van der Waals surface area contributed by atoms with Gasteiger partial charge in [-0.2, -0.15) is 0 Å². The number of non-ortho nitro benzene ring substituents is 1. The molecule has 2 rings (SSSR count). The molecule has 1 aromatic carbocycles. The molecule has 1 aliphatic rings. The molecule has 6 heteroatoms. The molecule has 0 amide bonds. The lowest BCUT2D eigenvalue weighted by molar-refractivity contribution is -0.384. The first kappa shape index (κ1) is 13.3. The Labute approximate surface area is 114 Å². The van der Waals surface area contributed by atoms with E-state index < -0.39 is 0 Å². The van der Waals surface area contributed by atoms with Crippen LogP contribution in [0.2, 0.25) is 0 Å². The fourth-order valence-corrected chi connectivity index (χ4v) is 2.61. The number of hydrogen-bond donors (Lipinski definition) is 0. The van der Waals surface area contributed by atoms with E-state index in [9.17, 15) is 10.1 Å². The van der Waals surface area contributed by atoms with Crippen LogP contribution in [0, 0.1) is 10.1 Å². The number of hydrogen-bond acceptors (Lipinski definition) is 4. The van der Waals surface area contributed by atoms with Gasteiger partial charge in [0.2, 0.25) is 0 Å². The van der Waals surface area contributed by atoms with Gasteiger partial charge in [-0.3, -0.25) is 10.1 Å². The maximum absolute atomic E-state index is 10.8. The van der Waals surface area contributed by atoms with Crippen LogP contribution in [0.15, 0.2) is 18.2 Å². The first-order valence-electron chi connectivity index (χ1n) is 5.81. The zero-order chi connectivity index (χ0) is 13.1. The van der Waals surface area contributed by atoms with Crippen LogP contribution >= 0.6 is 15.9 Å². The van der Waals surface area contributed by atoms with Crippen molar-refractivity contribution in [3.63, 3.8) is 0 Å². The molecule has 1 heterocycles. The largest absolute Gasteiger partial charge is 0.377 e. The minimum atomic E-state index is -0.362. The topological polar surface area (TPSA) is 55.6 Å². The standard InChI is InChI=1S/C12H15BrN2O3/c1-9-8-18-5-4-14(9)12-3-2-11(15(16)17)6-10(12)7-13/h2-3,6,9H,4-5,7-8H2,1H3. The summed E-state index contributed by atoms with van der Waals surface area (Å²) in [7, 11) is 0. The Morgan fingerprint density at radius 3 is 3.00 bits per heavy atom. The highest BCUT2D eigenvalue weighted by atomic mass is 79.9. The molecule has 1 saturated heterocycles. The van der Waals surface area contributed by atoms with Crippen molar-refractivity contribution in [2.45, 2.75) is 18.3 Å². The van der Waals surface area contributed by atoms with Gasteiger partial charge in [0.1, 0.15) is 0 Å². The number of nitrogens with zero attached hydrogens (tertiary/aromatic N) is 2. The second-order valence-electron chi connectivity index (χ2n) is 4.32. The predicted molar refractivity (Wildman–Crippen MR) is 73.4 cm³/mol. The van der Waals surface area contributed by atoms with Crippen LogP contribution < -0.4 is 4.90 Å². The number of ether oxygens (including phenoxy) is 1. The van der Waals surface area contributed by atoms with Crippen LogP contribution in [0.4, 0.5) is 11.4 Å². The van der Waals surface area contributed by atoms with Crippen molar-refractivity contribution in [2.75, 3.05) is 24.7 Å². The molecule has 1 aliphatic heterocycles. The summed E-state index contributed by atoms with van der Waals surface area (Å²) in [6.45, 7) is 4.30. The van der Waals surface area contributed by atoms with Crippen molar-refractivity contribution in [3.05, 3.63) is 33.9 Å². The van der Waals surface area contributed by atoms with E-state index in [4.69, 9.17) is 4.74 Å². The average molecular weight is 315 g/mol. The summed E-state index contributed by atoms with van der Waals surface area (Å²) < 4.78 is 5.41. The third-order valence-corrected chi connectivity index (χ3v) is 3.70. The molecule has 0 N–H and O–H groups in total. The van der Waals surface area contributed by atoms with Gasteiger partial charge in [0, 0.05) is 35.7 Å². The Balaban J connectivity index is 2.34. The minimum absolute atomic E-state index is 0.133. The van der Waals surface area contributed by atoms with Gasteiger partial charge in [0.15, 0.2) is 0 Å². The van der Waals surface area contributed by atoms with E-state index in [0.29, 0.717) is 18.5 Å². The van der Waals surface area contributed by atoms with Gasteiger partial charge in [0.05, 0.1) is 18.1 Å². The van der Waals surface area contributed by atoms with Crippen LogP contribution in [-0.4, -0.2) is 30.7 Å². The molecule has 98 valence electrons. The third-order valence-electron chi connectivity index (χ3n) is 3.09. The zero-order valence-corrected chi connectivity index (χ0v) is 11.7. The van der Waals surface area contributed by atoms with Crippen molar-refractivity contribution < 1.29 is 9.66 Å². The summed E-state index contributed by atoms with van der Waals surface area (Å²) in [5.74, 6) is 0. The summed E-state index contributed by atoms with van der Waals surface area (Å²) >= 11 is 3.40. The summed E-state index contributed by atoms with van der Waals surface area (Å²) in [6, 6.07) is 5.31. The quantitative estimate of drug-likeness (QED) is 0.489.